The number of hydrogen-bond acceptors (Lipinski definition) is 4. The van der Waals surface area contributed by atoms with E-state index in [0.29, 0.717) is 11.1 Å². The van der Waals surface area contributed by atoms with E-state index in [9.17, 15) is 0 Å². The van der Waals surface area contributed by atoms with E-state index in [4.69, 9.17) is 11.6 Å². The van der Waals surface area contributed by atoms with Gasteiger partial charge in [0.2, 0.25) is 0 Å². The van der Waals surface area contributed by atoms with Crippen LogP contribution in [-0.4, -0.2) is 28.5 Å². The molecule has 1 aromatic heterocycles. The molecule has 0 amide bonds. The summed E-state index contributed by atoms with van der Waals surface area (Å²) < 4.78 is 0. The zero-order valence-corrected chi connectivity index (χ0v) is 12.2. The number of rotatable bonds is 7. The number of thioether (sulfide) groups is 1. The minimum atomic E-state index is 0.517. The molecule has 0 aliphatic heterocycles. The van der Waals surface area contributed by atoms with Gasteiger partial charge in [-0.2, -0.15) is 11.8 Å². The van der Waals surface area contributed by atoms with Crippen molar-refractivity contribution in [3.63, 3.8) is 0 Å². The quantitative estimate of drug-likeness (QED) is 0.772. The summed E-state index contributed by atoms with van der Waals surface area (Å²) in [5.41, 5.74) is 0. The number of hydrogen-bond donors (Lipinski definition) is 1. The average Bonchev–Trinajstić information content (AvgIpc) is 2.26. The number of halogens is 1. The van der Waals surface area contributed by atoms with Crippen LogP contribution in [0.1, 0.15) is 26.1 Å². The zero-order chi connectivity index (χ0) is 12.7. The molecule has 1 heterocycles. The first-order chi connectivity index (χ1) is 8.15. The van der Waals surface area contributed by atoms with Gasteiger partial charge in [-0.05, 0) is 24.3 Å². The lowest BCUT2D eigenvalue weighted by molar-refractivity contribution is 0.698. The molecule has 0 aromatic carbocycles. The van der Waals surface area contributed by atoms with Gasteiger partial charge in [0.1, 0.15) is 16.8 Å². The molecular weight excluding hydrogens is 254 g/mol. The van der Waals surface area contributed by atoms with Crippen LogP contribution in [0.5, 0.6) is 0 Å². The van der Waals surface area contributed by atoms with E-state index in [0.717, 1.165) is 36.8 Å². The Balaban J connectivity index is 2.57. The molecule has 0 radical (unpaired) electrons. The van der Waals surface area contributed by atoms with Crippen molar-refractivity contribution in [3.8, 4) is 0 Å². The molecule has 0 saturated heterocycles. The highest BCUT2D eigenvalue weighted by Crippen LogP contribution is 2.13. The van der Waals surface area contributed by atoms with Crippen molar-refractivity contribution in [3.05, 3.63) is 17.0 Å². The number of anilines is 1. The molecule has 0 spiro atoms. The van der Waals surface area contributed by atoms with Crippen molar-refractivity contribution < 1.29 is 0 Å². The van der Waals surface area contributed by atoms with Crippen LogP contribution in [0.15, 0.2) is 6.07 Å². The van der Waals surface area contributed by atoms with Gasteiger partial charge in [0, 0.05) is 19.0 Å². The summed E-state index contributed by atoms with van der Waals surface area (Å²) in [5, 5.41) is 3.84. The highest BCUT2D eigenvalue weighted by Gasteiger charge is 2.05. The molecule has 1 unspecified atom stereocenters. The number of nitrogens with zero attached hydrogens (tertiary/aromatic N) is 2. The van der Waals surface area contributed by atoms with Crippen LogP contribution in [0.3, 0.4) is 0 Å². The van der Waals surface area contributed by atoms with E-state index in [1.54, 1.807) is 6.07 Å². The standard InChI is InChI=1S/C12H20ClN3S/c1-4-5-11-15-10(13)6-12(16-11)14-7-9(2)8-17-3/h6,9H,4-5,7-8H2,1-3H3,(H,14,15,16). The van der Waals surface area contributed by atoms with Crippen molar-refractivity contribution in [2.75, 3.05) is 23.9 Å². The fourth-order valence-electron chi connectivity index (χ4n) is 1.51. The smallest absolute Gasteiger partial charge is 0.134 e. The lowest BCUT2D eigenvalue weighted by atomic mass is 10.2. The third-order valence-corrected chi connectivity index (χ3v) is 3.39. The third-order valence-electron chi connectivity index (χ3n) is 2.30. The topological polar surface area (TPSA) is 37.8 Å². The van der Waals surface area contributed by atoms with Gasteiger partial charge in [-0.3, -0.25) is 0 Å². The Morgan fingerprint density at radius 1 is 1.47 bits per heavy atom. The van der Waals surface area contributed by atoms with Gasteiger partial charge in [-0.25, -0.2) is 9.97 Å². The Bertz CT molecular complexity index is 347. The highest BCUT2D eigenvalue weighted by molar-refractivity contribution is 7.98. The van der Waals surface area contributed by atoms with Gasteiger partial charge < -0.3 is 5.32 Å². The maximum atomic E-state index is 5.97. The van der Waals surface area contributed by atoms with Crippen LogP contribution in [0, 0.1) is 5.92 Å². The maximum absolute atomic E-state index is 5.97. The molecule has 0 aliphatic carbocycles. The SMILES string of the molecule is CCCc1nc(Cl)cc(NCC(C)CSC)n1. The molecule has 1 atom stereocenters. The number of nitrogens with one attached hydrogen (secondary N) is 1. The average molecular weight is 274 g/mol. The first-order valence-electron chi connectivity index (χ1n) is 5.92. The summed E-state index contributed by atoms with van der Waals surface area (Å²) in [6.45, 7) is 5.25. The predicted octanol–water partition coefficient (Wildman–Crippen LogP) is 3.49. The fourth-order valence-corrected chi connectivity index (χ4v) is 2.40. The third kappa shape index (κ3) is 5.59. The van der Waals surface area contributed by atoms with Crippen LogP contribution >= 0.6 is 23.4 Å². The normalized spacial score (nSPS) is 12.5. The van der Waals surface area contributed by atoms with Gasteiger partial charge in [0.05, 0.1) is 0 Å². The van der Waals surface area contributed by atoms with Crippen LogP contribution in [0.4, 0.5) is 5.82 Å². The Labute approximate surface area is 113 Å². The van der Waals surface area contributed by atoms with E-state index >= 15 is 0 Å². The van der Waals surface area contributed by atoms with Gasteiger partial charge in [-0.1, -0.05) is 25.4 Å². The fraction of sp³-hybridized carbons (Fsp3) is 0.667. The monoisotopic (exact) mass is 273 g/mol. The lowest BCUT2D eigenvalue weighted by Gasteiger charge is -2.12. The lowest BCUT2D eigenvalue weighted by Crippen LogP contribution is -2.14. The van der Waals surface area contributed by atoms with Crippen molar-refractivity contribution in [2.24, 2.45) is 5.92 Å². The minimum absolute atomic E-state index is 0.517. The van der Waals surface area contributed by atoms with Crippen LogP contribution in [-0.2, 0) is 6.42 Å². The van der Waals surface area contributed by atoms with E-state index in [1.165, 1.54) is 0 Å². The molecule has 5 heteroatoms. The van der Waals surface area contributed by atoms with Crippen molar-refractivity contribution in [1.82, 2.24) is 9.97 Å². The van der Waals surface area contributed by atoms with Gasteiger partial charge >= 0.3 is 0 Å². The van der Waals surface area contributed by atoms with E-state index in [-0.39, 0.29) is 0 Å². The largest absolute Gasteiger partial charge is 0.370 e. The van der Waals surface area contributed by atoms with Crippen molar-refractivity contribution >= 4 is 29.2 Å². The summed E-state index contributed by atoms with van der Waals surface area (Å²) >= 11 is 7.83. The second-order valence-electron chi connectivity index (χ2n) is 4.18. The number of aryl methyl sites for hydroxylation is 1. The zero-order valence-electron chi connectivity index (χ0n) is 10.7. The molecule has 96 valence electrons. The first-order valence-corrected chi connectivity index (χ1v) is 7.69. The summed E-state index contributed by atoms with van der Waals surface area (Å²) in [7, 11) is 0. The molecule has 0 fully saturated rings. The Hall–Kier alpha value is -0.480. The maximum Gasteiger partial charge on any atom is 0.134 e. The van der Waals surface area contributed by atoms with Gasteiger partial charge in [-0.15, -0.1) is 0 Å². The molecule has 1 rings (SSSR count). The Kier molecular flexibility index (Phi) is 6.66. The second-order valence-corrected chi connectivity index (χ2v) is 5.48. The highest BCUT2D eigenvalue weighted by atomic mass is 35.5. The van der Waals surface area contributed by atoms with E-state index < -0.39 is 0 Å². The summed E-state index contributed by atoms with van der Waals surface area (Å²) in [4.78, 5) is 8.64. The number of aromatic nitrogens is 2. The molecule has 3 nitrogen and oxygen atoms in total. The van der Waals surface area contributed by atoms with Crippen LogP contribution in [0.2, 0.25) is 5.15 Å². The van der Waals surface area contributed by atoms with Crippen molar-refractivity contribution in [2.45, 2.75) is 26.7 Å². The summed E-state index contributed by atoms with van der Waals surface area (Å²) in [5.74, 6) is 3.42. The van der Waals surface area contributed by atoms with E-state index in [2.05, 4.69) is 35.4 Å². The molecule has 1 aromatic rings. The van der Waals surface area contributed by atoms with Crippen LogP contribution in [0.25, 0.3) is 0 Å². The Morgan fingerprint density at radius 2 is 2.24 bits per heavy atom. The molecule has 0 bridgehead atoms. The van der Waals surface area contributed by atoms with Crippen LogP contribution < -0.4 is 5.32 Å². The summed E-state index contributed by atoms with van der Waals surface area (Å²) in [6.07, 6.45) is 4.02. The molecular formula is C12H20ClN3S. The molecule has 0 aliphatic rings. The Morgan fingerprint density at radius 3 is 2.88 bits per heavy atom. The predicted molar refractivity (Wildman–Crippen MR) is 77.1 cm³/mol. The molecule has 1 N–H and O–H groups in total. The summed E-state index contributed by atoms with van der Waals surface area (Å²) in [6, 6.07) is 1.78. The van der Waals surface area contributed by atoms with Gasteiger partial charge in [0.25, 0.3) is 0 Å². The minimum Gasteiger partial charge on any atom is -0.370 e. The molecule has 0 saturated carbocycles. The first kappa shape index (κ1) is 14.6. The van der Waals surface area contributed by atoms with Gasteiger partial charge in [0.15, 0.2) is 0 Å². The van der Waals surface area contributed by atoms with E-state index in [1.807, 2.05) is 11.8 Å². The van der Waals surface area contributed by atoms with Crippen molar-refractivity contribution in [1.29, 1.82) is 0 Å². The second kappa shape index (κ2) is 7.77. The molecule has 17 heavy (non-hydrogen) atoms.